The van der Waals surface area contributed by atoms with Gasteiger partial charge in [-0.2, -0.15) is 0 Å². The fourth-order valence-corrected chi connectivity index (χ4v) is 3.73. The Morgan fingerprint density at radius 3 is 2.57 bits per heavy atom. The van der Waals surface area contributed by atoms with Crippen molar-refractivity contribution < 1.29 is 8.42 Å². The molecule has 0 saturated carbocycles. The zero-order chi connectivity index (χ0) is 15.6. The molecule has 6 nitrogen and oxygen atoms in total. The van der Waals surface area contributed by atoms with Gasteiger partial charge in [0.2, 0.25) is 0 Å². The van der Waals surface area contributed by atoms with E-state index in [1.54, 1.807) is 0 Å². The van der Waals surface area contributed by atoms with Crippen molar-refractivity contribution in [2.24, 2.45) is 5.84 Å². The molecule has 10 heteroatoms. The number of sulfonamides is 1. The van der Waals surface area contributed by atoms with Crippen molar-refractivity contribution in [2.75, 3.05) is 10.1 Å². The summed E-state index contributed by atoms with van der Waals surface area (Å²) in [6.45, 7) is 0. The van der Waals surface area contributed by atoms with Gasteiger partial charge in [0.1, 0.15) is 4.90 Å². The number of anilines is 2. The molecule has 1 heterocycles. The summed E-state index contributed by atoms with van der Waals surface area (Å²) in [7, 11) is -3.93. The Bertz CT molecular complexity index is 786. The number of hydrazine groups is 1. The van der Waals surface area contributed by atoms with Crippen LogP contribution < -0.4 is 16.0 Å². The first-order valence-electron chi connectivity index (χ1n) is 5.43. The molecule has 0 fully saturated rings. The molecule has 0 aliphatic rings. The molecular formula is C11H9BrCl2N4O2S. The predicted molar refractivity (Wildman–Crippen MR) is 87.0 cm³/mol. The minimum absolute atomic E-state index is 0.00999. The van der Waals surface area contributed by atoms with Gasteiger partial charge in [-0.1, -0.05) is 23.2 Å². The second-order valence-corrected chi connectivity index (χ2v) is 7.28. The number of benzene rings is 1. The number of nitrogens with zero attached hydrogens (tertiary/aromatic N) is 1. The van der Waals surface area contributed by atoms with Gasteiger partial charge < -0.3 is 5.43 Å². The second-order valence-electron chi connectivity index (χ2n) is 3.87. The van der Waals surface area contributed by atoms with Gasteiger partial charge in [-0.3, -0.25) is 4.72 Å². The Labute approximate surface area is 139 Å². The third-order valence-corrected chi connectivity index (χ3v) is 4.78. The van der Waals surface area contributed by atoms with Gasteiger partial charge >= 0.3 is 0 Å². The Morgan fingerprint density at radius 1 is 1.24 bits per heavy atom. The van der Waals surface area contributed by atoms with Crippen LogP contribution in [0.5, 0.6) is 0 Å². The number of pyridine rings is 1. The Hall–Kier alpha value is -1.06. The van der Waals surface area contributed by atoms with Crippen LogP contribution in [-0.4, -0.2) is 13.4 Å². The Balaban J connectivity index is 2.45. The minimum atomic E-state index is -3.93. The first-order chi connectivity index (χ1) is 9.83. The molecule has 4 N–H and O–H groups in total. The van der Waals surface area contributed by atoms with Gasteiger partial charge in [-0.05, 0) is 40.2 Å². The van der Waals surface area contributed by atoms with Crippen LogP contribution in [0.3, 0.4) is 0 Å². The number of nitrogen functional groups attached to an aromatic ring is 1. The summed E-state index contributed by atoms with van der Waals surface area (Å²) < 4.78 is 27.7. The van der Waals surface area contributed by atoms with E-state index < -0.39 is 10.0 Å². The van der Waals surface area contributed by atoms with Crippen LogP contribution in [0, 0.1) is 0 Å². The summed E-state index contributed by atoms with van der Waals surface area (Å²) in [6, 6.07) is 5.78. The van der Waals surface area contributed by atoms with E-state index >= 15 is 0 Å². The highest BCUT2D eigenvalue weighted by molar-refractivity contribution is 9.10. The molecule has 1 aromatic carbocycles. The number of nitrogens with two attached hydrogens (primary N) is 1. The lowest BCUT2D eigenvalue weighted by Gasteiger charge is -2.12. The van der Waals surface area contributed by atoms with Crippen molar-refractivity contribution in [3.05, 3.63) is 45.0 Å². The quantitative estimate of drug-likeness (QED) is 0.530. The third kappa shape index (κ3) is 3.78. The van der Waals surface area contributed by atoms with E-state index in [0.29, 0.717) is 9.50 Å². The monoisotopic (exact) mass is 410 g/mol. The van der Waals surface area contributed by atoms with Gasteiger partial charge in [-0.25, -0.2) is 19.2 Å². The van der Waals surface area contributed by atoms with E-state index in [-0.39, 0.29) is 21.4 Å². The van der Waals surface area contributed by atoms with Crippen LogP contribution in [0.15, 0.2) is 39.8 Å². The zero-order valence-corrected chi connectivity index (χ0v) is 14.2. The summed E-state index contributed by atoms with van der Waals surface area (Å²) in [5.74, 6) is 5.29. The van der Waals surface area contributed by atoms with Crippen molar-refractivity contribution in [3.8, 4) is 0 Å². The standard InChI is InChI=1S/C11H9BrCl2N4O2S/c12-6-3-10(11(17-15)16-5-6)21(19,20)18-9-2-1-7(13)4-8(9)14/h1-5,18H,15H2,(H,16,17). The molecule has 21 heavy (non-hydrogen) atoms. The SMILES string of the molecule is NNc1ncc(Br)cc1S(=O)(=O)Nc1ccc(Cl)cc1Cl. The van der Waals surface area contributed by atoms with Crippen molar-refractivity contribution in [3.63, 3.8) is 0 Å². The topological polar surface area (TPSA) is 97.1 Å². The van der Waals surface area contributed by atoms with Crippen LogP contribution in [0.25, 0.3) is 0 Å². The number of hydrogen-bond donors (Lipinski definition) is 3. The maximum atomic E-state index is 12.4. The first-order valence-corrected chi connectivity index (χ1v) is 8.47. The molecule has 0 spiro atoms. The molecule has 0 bridgehead atoms. The van der Waals surface area contributed by atoms with E-state index in [0.717, 1.165) is 0 Å². The minimum Gasteiger partial charge on any atom is -0.307 e. The zero-order valence-electron chi connectivity index (χ0n) is 10.3. The van der Waals surface area contributed by atoms with Gasteiger partial charge in [0, 0.05) is 15.7 Å². The molecule has 0 unspecified atom stereocenters. The average Bonchev–Trinajstić information content (AvgIpc) is 2.42. The smallest absolute Gasteiger partial charge is 0.265 e. The molecule has 0 radical (unpaired) electrons. The van der Waals surface area contributed by atoms with Gasteiger partial charge in [0.25, 0.3) is 10.0 Å². The van der Waals surface area contributed by atoms with Crippen molar-refractivity contribution >= 4 is 60.7 Å². The number of rotatable bonds is 4. The summed E-state index contributed by atoms with van der Waals surface area (Å²) in [6.07, 6.45) is 1.42. The largest absolute Gasteiger partial charge is 0.307 e. The molecule has 0 saturated heterocycles. The lowest BCUT2D eigenvalue weighted by Crippen LogP contribution is -2.18. The molecule has 0 aliphatic heterocycles. The highest BCUT2D eigenvalue weighted by Crippen LogP contribution is 2.29. The van der Waals surface area contributed by atoms with E-state index in [4.69, 9.17) is 29.0 Å². The summed E-state index contributed by atoms with van der Waals surface area (Å²) in [5.41, 5.74) is 2.43. The van der Waals surface area contributed by atoms with E-state index in [1.165, 1.54) is 30.5 Å². The highest BCUT2D eigenvalue weighted by atomic mass is 79.9. The molecule has 0 atom stereocenters. The van der Waals surface area contributed by atoms with Crippen LogP contribution >= 0.6 is 39.1 Å². The molecule has 2 aromatic rings. The number of halogens is 3. The highest BCUT2D eigenvalue weighted by Gasteiger charge is 2.21. The summed E-state index contributed by atoms with van der Waals surface area (Å²) in [5, 5.41) is 0.577. The first kappa shape index (κ1) is 16.3. The second kappa shape index (κ2) is 6.37. The maximum absolute atomic E-state index is 12.4. The molecule has 0 aliphatic carbocycles. The van der Waals surface area contributed by atoms with E-state index in [2.05, 4.69) is 31.1 Å². The van der Waals surface area contributed by atoms with Crippen LogP contribution in [-0.2, 0) is 10.0 Å². The van der Waals surface area contributed by atoms with Crippen LogP contribution in [0.4, 0.5) is 11.5 Å². The molecule has 0 amide bonds. The fourth-order valence-electron chi connectivity index (χ4n) is 1.51. The Morgan fingerprint density at radius 2 is 1.95 bits per heavy atom. The van der Waals surface area contributed by atoms with E-state index in [9.17, 15) is 8.42 Å². The lowest BCUT2D eigenvalue weighted by molar-refractivity contribution is 0.601. The van der Waals surface area contributed by atoms with Gasteiger partial charge in [-0.15, -0.1) is 0 Å². The van der Waals surface area contributed by atoms with E-state index in [1.807, 2.05) is 0 Å². The molecule has 1 aromatic heterocycles. The third-order valence-electron chi connectivity index (χ3n) is 2.42. The van der Waals surface area contributed by atoms with Crippen molar-refractivity contribution in [1.82, 2.24) is 4.98 Å². The number of aromatic nitrogens is 1. The number of nitrogens with one attached hydrogen (secondary N) is 2. The summed E-state index contributed by atoms with van der Waals surface area (Å²) in [4.78, 5) is 3.76. The lowest BCUT2D eigenvalue weighted by atomic mass is 10.3. The van der Waals surface area contributed by atoms with Crippen molar-refractivity contribution in [1.29, 1.82) is 0 Å². The summed E-state index contributed by atoms with van der Waals surface area (Å²) >= 11 is 14.9. The maximum Gasteiger partial charge on any atom is 0.265 e. The number of hydrogen-bond acceptors (Lipinski definition) is 5. The van der Waals surface area contributed by atoms with Gasteiger partial charge in [0.05, 0.1) is 10.7 Å². The van der Waals surface area contributed by atoms with Gasteiger partial charge in [0.15, 0.2) is 5.82 Å². The van der Waals surface area contributed by atoms with Crippen LogP contribution in [0.1, 0.15) is 0 Å². The molecule has 112 valence electrons. The fraction of sp³-hybridized carbons (Fsp3) is 0. The van der Waals surface area contributed by atoms with Crippen LogP contribution in [0.2, 0.25) is 10.0 Å². The molecule has 2 rings (SSSR count). The van der Waals surface area contributed by atoms with Crippen molar-refractivity contribution in [2.45, 2.75) is 4.90 Å². The Kier molecular flexibility index (Phi) is 4.95. The normalized spacial score (nSPS) is 11.2. The predicted octanol–water partition coefficient (Wildman–Crippen LogP) is 3.24. The average molecular weight is 412 g/mol. The molecular weight excluding hydrogens is 403 g/mol.